The molecule has 0 radical (unpaired) electrons. The van der Waals surface area contributed by atoms with Crippen LogP contribution in [0.2, 0.25) is 0 Å². The minimum atomic E-state index is -0.287. The van der Waals surface area contributed by atoms with Crippen molar-refractivity contribution >= 4 is 22.7 Å². The molecule has 0 N–H and O–H groups in total. The maximum atomic E-state index is 11.9. The van der Waals surface area contributed by atoms with Crippen molar-refractivity contribution < 1.29 is 4.42 Å². The number of hydrogen-bond acceptors (Lipinski definition) is 4. The minimum absolute atomic E-state index is 0.0287. The highest BCUT2D eigenvalue weighted by Crippen LogP contribution is 2.29. The molecule has 2 aromatic carbocycles. The average Bonchev–Trinajstić information content (AvgIpc) is 2.49. The van der Waals surface area contributed by atoms with Crippen molar-refractivity contribution in [2.75, 3.05) is 0 Å². The number of rotatable bonds is 2. The van der Waals surface area contributed by atoms with Crippen LogP contribution >= 0.6 is 11.8 Å². The molecule has 20 heavy (non-hydrogen) atoms. The topological polar surface area (TPSA) is 54.0 Å². The Balaban J connectivity index is 2.04. The van der Waals surface area contributed by atoms with Gasteiger partial charge in [0.1, 0.15) is 23.5 Å². The van der Waals surface area contributed by atoms with Crippen molar-refractivity contribution in [2.24, 2.45) is 0 Å². The molecule has 0 atom stereocenters. The van der Waals surface area contributed by atoms with Crippen molar-refractivity contribution in [1.82, 2.24) is 0 Å². The van der Waals surface area contributed by atoms with Gasteiger partial charge in [0.05, 0.1) is 5.39 Å². The van der Waals surface area contributed by atoms with Crippen molar-refractivity contribution in [1.29, 1.82) is 5.26 Å². The van der Waals surface area contributed by atoms with Gasteiger partial charge in [0.15, 0.2) is 0 Å². The zero-order valence-electron chi connectivity index (χ0n) is 10.4. The molecular weight excluding hydrogens is 270 g/mol. The Morgan fingerprint density at radius 3 is 2.60 bits per heavy atom. The number of nitriles is 1. The molecule has 3 aromatic rings. The first-order valence-electron chi connectivity index (χ1n) is 5.96. The van der Waals surface area contributed by atoms with Crippen LogP contribution in [0.1, 0.15) is 5.56 Å². The van der Waals surface area contributed by atoms with Gasteiger partial charge in [-0.1, -0.05) is 30.0 Å². The van der Waals surface area contributed by atoms with Gasteiger partial charge in [-0.3, -0.25) is 4.79 Å². The van der Waals surface area contributed by atoms with E-state index < -0.39 is 0 Å². The molecule has 0 spiro atoms. The maximum Gasteiger partial charge on any atom is 0.210 e. The lowest BCUT2D eigenvalue weighted by Crippen LogP contribution is -2.05. The molecule has 0 amide bonds. The summed E-state index contributed by atoms with van der Waals surface area (Å²) >= 11 is 1.59. The standard InChI is InChI=1S/C16H9NO2S/c17-9-11-10-19-15-8-13(6-7-14(15)16(11)18)20-12-4-2-1-3-5-12/h1-8,10H. The quantitative estimate of drug-likeness (QED) is 0.715. The molecule has 0 unspecified atom stereocenters. The van der Waals surface area contributed by atoms with E-state index in [0.29, 0.717) is 11.0 Å². The third-order valence-electron chi connectivity index (χ3n) is 2.85. The monoisotopic (exact) mass is 279 g/mol. The first kappa shape index (κ1) is 12.5. The third-order valence-corrected chi connectivity index (χ3v) is 3.84. The van der Waals surface area contributed by atoms with Gasteiger partial charge in [0, 0.05) is 9.79 Å². The zero-order chi connectivity index (χ0) is 13.9. The second-order valence-electron chi connectivity index (χ2n) is 4.16. The van der Waals surface area contributed by atoms with Crippen LogP contribution in [0.25, 0.3) is 11.0 Å². The molecule has 0 fully saturated rings. The summed E-state index contributed by atoms with van der Waals surface area (Å²) in [6, 6.07) is 17.2. The van der Waals surface area contributed by atoms with E-state index in [1.54, 1.807) is 17.8 Å². The largest absolute Gasteiger partial charge is 0.463 e. The van der Waals surface area contributed by atoms with Crippen LogP contribution in [-0.4, -0.2) is 0 Å². The number of hydrogen-bond donors (Lipinski definition) is 0. The van der Waals surface area contributed by atoms with Crippen LogP contribution in [0, 0.1) is 11.3 Å². The van der Waals surface area contributed by atoms with Crippen molar-refractivity contribution in [3.8, 4) is 6.07 Å². The Kier molecular flexibility index (Phi) is 3.28. The second kappa shape index (κ2) is 5.24. The molecule has 3 rings (SSSR count). The summed E-state index contributed by atoms with van der Waals surface area (Å²) < 4.78 is 5.36. The number of nitrogens with zero attached hydrogens (tertiary/aromatic N) is 1. The van der Waals surface area contributed by atoms with Crippen molar-refractivity contribution in [3.05, 3.63) is 70.6 Å². The average molecular weight is 279 g/mol. The Bertz CT molecular complexity index is 863. The molecule has 0 aliphatic heterocycles. The van der Waals surface area contributed by atoms with Gasteiger partial charge in [-0.05, 0) is 30.3 Å². The normalized spacial score (nSPS) is 10.3. The molecule has 0 aliphatic carbocycles. The highest BCUT2D eigenvalue weighted by molar-refractivity contribution is 7.99. The molecule has 0 saturated carbocycles. The molecule has 0 aliphatic rings. The van der Waals surface area contributed by atoms with E-state index in [-0.39, 0.29) is 11.0 Å². The van der Waals surface area contributed by atoms with Crippen LogP contribution in [0.15, 0.2) is 73.8 Å². The first-order chi connectivity index (χ1) is 9.78. The van der Waals surface area contributed by atoms with Crippen molar-refractivity contribution in [3.63, 3.8) is 0 Å². The molecular formula is C16H9NO2S. The SMILES string of the molecule is N#Cc1coc2cc(Sc3ccccc3)ccc2c1=O. The van der Waals surface area contributed by atoms with Gasteiger partial charge < -0.3 is 4.42 Å². The number of fused-ring (bicyclic) bond motifs is 1. The van der Waals surface area contributed by atoms with E-state index >= 15 is 0 Å². The fraction of sp³-hybridized carbons (Fsp3) is 0. The van der Waals surface area contributed by atoms with Crippen molar-refractivity contribution in [2.45, 2.75) is 9.79 Å². The zero-order valence-corrected chi connectivity index (χ0v) is 11.2. The summed E-state index contributed by atoms with van der Waals surface area (Å²) in [4.78, 5) is 14.0. The van der Waals surface area contributed by atoms with Crippen LogP contribution < -0.4 is 5.43 Å². The van der Waals surface area contributed by atoms with Gasteiger partial charge in [-0.15, -0.1) is 0 Å². The summed E-state index contributed by atoms with van der Waals surface area (Å²) in [5.41, 5.74) is 0.237. The lowest BCUT2D eigenvalue weighted by Gasteiger charge is -2.03. The van der Waals surface area contributed by atoms with E-state index in [1.165, 1.54) is 6.26 Å². The van der Waals surface area contributed by atoms with Gasteiger partial charge in [0.25, 0.3) is 0 Å². The van der Waals surface area contributed by atoms with E-state index in [9.17, 15) is 4.79 Å². The second-order valence-corrected chi connectivity index (χ2v) is 5.31. The fourth-order valence-electron chi connectivity index (χ4n) is 1.87. The van der Waals surface area contributed by atoms with E-state index in [4.69, 9.17) is 9.68 Å². The molecule has 96 valence electrons. The van der Waals surface area contributed by atoms with Crippen LogP contribution in [0.5, 0.6) is 0 Å². The fourth-order valence-corrected chi connectivity index (χ4v) is 2.74. The smallest absolute Gasteiger partial charge is 0.210 e. The molecule has 3 nitrogen and oxygen atoms in total. The molecule has 0 saturated heterocycles. The van der Waals surface area contributed by atoms with Crippen LogP contribution in [-0.2, 0) is 0 Å². The van der Waals surface area contributed by atoms with Gasteiger partial charge >= 0.3 is 0 Å². The summed E-state index contributed by atoms with van der Waals surface area (Å²) in [6.45, 7) is 0. The van der Waals surface area contributed by atoms with Gasteiger partial charge in [-0.25, -0.2) is 0 Å². The summed E-state index contributed by atoms with van der Waals surface area (Å²) in [6.07, 6.45) is 1.21. The third kappa shape index (κ3) is 2.31. The van der Waals surface area contributed by atoms with Gasteiger partial charge in [-0.2, -0.15) is 5.26 Å². The predicted octanol–water partition coefficient (Wildman–Crippen LogP) is 3.82. The molecule has 1 heterocycles. The summed E-state index contributed by atoms with van der Waals surface area (Å²) in [7, 11) is 0. The number of benzene rings is 2. The van der Waals surface area contributed by atoms with Crippen LogP contribution in [0.3, 0.4) is 0 Å². The summed E-state index contributed by atoms with van der Waals surface area (Å²) in [5, 5.41) is 9.25. The van der Waals surface area contributed by atoms with Crippen LogP contribution in [0.4, 0.5) is 0 Å². The first-order valence-corrected chi connectivity index (χ1v) is 6.78. The van der Waals surface area contributed by atoms with E-state index in [0.717, 1.165) is 9.79 Å². The van der Waals surface area contributed by atoms with E-state index in [1.807, 2.05) is 48.5 Å². The lowest BCUT2D eigenvalue weighted by molar-refractivity contribution is 0.599. The summed E-state index contributed by atoms with van der Waals surface area (Å²) in [5.74, 6) is 0. The highest BCUT2D eigenvalue weighted by Gasteiger charge is 2.07. The Morgan fingerprint density at radius 2 is 1.85 bits per heavy atom. The minimum Gasteiger partial charge on any atom is -0.463 e. The molecule has 0 bridgehead atoms. The van der Waals surface area contributed by atoms with Gasteiger partial charge in [0.2, 0.25) is 5.43 Å². The lowest BCUT2D eigenvalue weighted by atomic mass is 10.2. The Morgan fingerprint density at radius 1 is 1.05 bits per heavy atom. The van der Waals surface area contributed by atoms with E-state index in [2.05, 4.69) is 0 Å². The Labute approximate surface area is 119 Å². The molecule has 1 aromatic heterocycles. The Hall–Kier alpha value is -2.51. The maximum absolute atomic E-state index is 11.9. The molecule has 4 heteroatoms. The predicted molar refractivity (Wildman–Crippen MR) is 77.8 cm³/mol. The highest BCUT2D eigenvalue weighted by atomic mass is 32.2.